The van der Waals surface area contributed by atoms with Gasteiger partial charge in [0.25, 0.3) is 0 Å². The van der Waals surface area contributed by atoms with E-state index in [0.29, 0.717) is 25.3 Å². The molecular weight excluding hydrogens is 290 g/mol. The molecule has 1 aliphatic rings. The number of hydrogen-bond donors (Lipinski definition) is 2. The number of nitrogens with two attached hydrogens (primary N) is 1. The van der Waals surface area contributed by atoms with Gasteiger partial charge in [-0.1, -0.05) is 13.8 Å². The lowest BCUT2D eigenvalue weighted by molar-refractivity contribution is -0.136. The van der Waals surface area contributed by atoms with Crippen molar-refractivity contribution in [1.82, 2.24) is 9.62 Å². The molecule has 0 aromatic rings. The normalized spacial score (nSPS) is 21.6. The van der Waals surface area contributed by atoms with Gasteiger partial charge in [0, 0.05) is 19.1 Å². The van der Waals surface area contributed by atoms with Crippen LogP contribution in [0.1, 0.15) is 46.0 Å². The maximum Gasteiger partial charge on any atom is 0.239 e. The molecule has 7 heteroatoms. The summed E-state index contributed by atoms with van der Waals surface area (Å²) in [5.41, 5.74) is 6.01. The third kappa shape index (κ3) is 6.76. The summed E-state index contributed by atoms with van der Waals surface area (Å²) in [5, 5.41) is 0. The number of amides is 1. The molecule has 1 heterocycles. The number of nitrogens with zero attached hydrogens (tertiary/aromatic N) is 1. The van der Waals surface area contributed by atoms with Gasteiger partial charge in [-0.2, -0.15) is 0 Å². The molecule has 0 bridgehead atoms. The fourth-order valence-electron chi connectivity index (χ4n) is 2.82. The molecule has 2 unspecified atom stereocenters. The van der Waals surface area contributed by atoms with Gasteiger partial charge in [-0.3, -0.25) is 4.79 Å². The highest BCUT2D eigenvalue weighted by atomic mass is 32.2. The van der Waals surface area contributed by atoms with Crippen molar-refractivity contribution in [2.45, 2.75) is 58.0 Å². The van der Waals surface area contributed by atoms with E-state index in [1.807, 2.05) is 4.90 Å². The second-order valence-electron chi connectivity index (χ2n) is 6.37. The average Bonchev–Trinajstić information content (AvgIpc) is 2.36. The number of nitrogens with one attached hydrogen (secondary N) is 1. The van der Waals surface area contributed by atoms with Crippen LogP contribution >= 0.6 is 0 Å². The summed E-state index contributed by atoms with van der Waals surface area (Å²) < 4.78 is 24.7. The third-order valence-corrected chi connectivity index (χ3v) is 4.52. The minimum atomic E-state index is -3.17. The van der Waals surface area contributed by atoms with E-state index in [0.717, 1.165) is 32.1 Å². The molecule has 0 aromatic heterocycles. The summed E-state index contributed by atoms with van der Waals surface area (Å²) in [6.07, 6.45) is 5.47. The number of likely N-dealkylation sites (tertiary alicyclic amines) is 1. The highest BCUT2D eigenvalue weighted by Crippen LogP contribution is 2.21. The summed E-state index contributed by atoms with van der Waals surface area (Å²) in [7, 11) is -3.17. The first kappa shape index (κ1) is 18.4. The second kappa shape index (κ2) is 8.10. The van der Waals surface area contributed by atoms with E-state index in [1.54, 1.807) is 0 Å². The largest absolute Gasteiger partial charge is 0.338 e. The summed E-state index contributed by atoms with van der Waals surface area (Å²) in [4.78, 5) is 14.3. The first-order chi connectivity index (χ1) is 9.70. The van der Waals surface area contributed by atoms with Gasteiger partial charge in [0.15, 0.2) is 0 Å². The van der Waals surface area contributed by atoms with Crippen molar-refractivity contribution in [3.63, 3.8) is 0 Å². The number of carbonyl (C=O) groups is 1. The fourth-order valence-corrected chi connectivity index (χ4v) is 3.31. The van der Waals surface area contributed by atoms with Crippen LogP contribution in [0.25, 0.3) is 0 Å². The summed E-state index contributed by atoms with van der Waals surface area (Å²) >= 11 is 0. The van der Waals surface area contributed by atoms with Gasteiger partial charge < -0.3 is 10.6 Å². The Morgan fingerprint density at radius 3 is 2.62 bits per heavy atom. The maximum atomic E-state index is 12.5. The lowest BCUT2D eigenvalue weighted by atomic mass is 9.96. The Balaban J connectivity index is 2.58. The molecule has 3 N–H and O–H groups in total. The van der Waals surface area contributed by atoms with Crippen LogP contribution in [0, 0.1) is 5.92 Å². The minimum Gasteiger partial charge on any atom is -0.338 e. The Morgan fingerprint density at radius 2 is 2.05 bits per heavy atom. The number of carbonyl (C=O) groups excluding carboxylic acids is 1. The van der Waals surface area contributed by atoms with Crippen LogP contribution in [-0.2, 0) is 14.8 Å². The minimum absolute atomic E-state index is 0.00718. The van der Waals surface area contributed by atoms with Gasteiger partial charge in [0.05, 0.1) is 12.3 Å². The van der Waals surface area contributed by atoms with E-state index in [1.165, 1.54) is 0 Å². The maximum absolute atomic E-state index is 12.5. The molecule has 1 amide bonds. The van der Waals surface area contributed by atoms with Crippen molar-refractivity contribution in [3.8, 4) is 0 Å². The van der Waals surface area contributed by atoms with E-state index in [9.17, 15) is 13.2 Å². The molecule has 1 rings (SSSR count). The molecular formula is C14H29N3O3S. The lowest BCUT2D eigenvalue weighted by Gasteiger charge is -2.37. The Hall–Kier alpha value is -0.660. The lowest BCUT2D eigenvalue weighted by Crippen LogP contribution is -2.51. The molecule has 0 aliphatic carbocycles. The number of piperidine rings is 1. The van der Waals surface area contributed by atoms with Crippen molar-refractivity contribution in [2.75, 3.05) is 19.3 Å². The number of hydrogen-bond acceptors (Lipinski definition) is 4. The van der Waals surface area contributed by atoms with E-state index in [4.69, 9.17) is 5.73 Å². The van der Waals surface area contributed by atoms with Crippen LogP contribution in [0.4, 0.5) is 0 Å². The van der Waals surface area contributed by atoms with Gasteiger partial charge >= 0.3 is 0 Å². The number of sulfonamides is 1. The molecule has 1 saturated heterocycles. The molecule has 0 saturated carbocycles. The summed E-state index contributed by atoms with van der Waals surface area (Å²) in [6.45, 7) is 5.20. The molecule has 124 valence electrons. The first-order valence-electron chi connectivity index (χ1n) is 7.71. The second-order valence-corrected chi connectivity index (χ2v) is 8.21. The quantitative estimate of drug-likeness (QED) is 0.722. The molecule has 0 radical (unpaired) electrons. The Morgan fingerprint density at radius 1 is 1.38 bits per heavy atom. The third-order valence-electron chi connectivity index (χ3n) is 3.79. The highest BCUT2D eigenvalue weighted by molar-refractivity contribution is 7.88. The van der Waals surface area contributed by atoms with Gasteiger partial charge in [0.2, 0.25) is 15.9 Å². The van der Waals surface area contributed by atoms with Crippen LogP contribution < -0.4 is 10.5 Å². The molecule has 0 spiro atoms. The predicted molar refractivity (Wildman–Crippen MR) is 84.2 cm³/mol. The van der Waals surface area contributed by atoms with Crippen molar-refractivity contribution in [3.05, 3.63) is 0 Å². The van der Waals surface area contributed by atoms with E-state index in [-0.39, 0.29) is 11.9 Å². The molecule has 2 atom stereocenters. The fraction of sp³-hybridized carbons (Fsp3) is 0.929. The van der Waals surface area contributed by atoms with E-state index < -0.39 is 16.1 Å². The monoisotopic (exact) mass is 319 g/mol. The summed E-state index contributed by atoms with van der Waals surface area (Å²) in [6, 6.07) is -0.354. The number of rotatable bonds is 7. The van der Waals surface area contributed by atoms with E-state index >= 15 is 0 Å². The van der Waals surface area contributed by atoms with Crippen LogP contribution in [0.3, 0.4) is 0 Å². The van der Waals surface area contributed by atoms with Crippen molar-refractivity contribution in [1.29, 1.82) is 0 Å². The summed E-state index contributed by atoms with van der Waals surface area (Å²) in [5.74, 6) is 0.395. The van der Waals surface area contributed by atoms with Crippen molar-refractivity contribution < 1.29 is 13.2 Å². The molecule has 0 aromatic carbocycles. The first-order valence-corrected chi connectivity index (χ1v) is 9.60. The van der Waals surface area contributed by atoms with Crippen molar-refractivity contribution >= 4 is 15.9 Å². The molecule has 1 aliphatic heterocycles. The predicted octanol–water partition coefficient (Wildman–Crippen LogP) is 0.680. The smallest absolute Gasteiger partial charge is 0.239 e. The van der Waals surface area contributed by atoms with Crippen LogP contribution in [-0.4, -0.2) is 50.7 Å². The van der Waals surface area contributed by atoms with Crippen LogP contribution in [0.15, 0.2) is 0 Å². The molecule has 21 heavy (non-hydrogen) atoms. The van der Waals surface area contributed by atoms with E-state index in [2.05, 4.69) is 18.6 Å². The van der Waals surface area contributed by atoms with Gasteiger partial charge in [-0.05, 0) is 38.0 Å². The molecule has 6 nitrogen and oxygen atoms in total. The highest BCUT2D eigenvalue weighted by Gasteiger charge is 2.29. The Labute approximate surface area is 128 Å². The molecule has 1 fully saturated rings. The Kier molecular flexibility index (Phi) is 7.09. The van der Waals surface area contributed by atoms with Crippen molar-refractivity contribution in [2.24, 2.45) is 11.7 Å². The topological polar surface area (TPSA) is 92.5 Å². The zero-order valence-corrected chi connectivity index (χ0v) is 14.2. The Bertz CT molecular complexity index is 437. The standard InChI is InChI=1S/C14H29N3O3S/c1-11(2)10-13(15)14(18)17-9-5-4-6-12(17)7-8-16-21(3,19)20/h11-13,16H,4-10,15H2,1-3H3. The van der Waals surface area contributed by atoms with Gasteiger partial charge in [-0.25, -0.2) is 13.1 Å². The van der Waals surface area contributed by atoms with Crippen LogP contribution in [0.2, 0.25) is 0 Å². The zero-order chi connectivity index (χ0) is 16.0. The average molecular weight is 319 g/mol. The van der Waals surface area contributed by atoms with Crippen LogP contribution in [0.5, 0.6) is 0 Å². The zero-order valence-electron chi connectivity index (χ0n) is 13.3. The van der Waals surface area contributed by atoms with Gasteiger partial charge in [-0.15, -0.1) is 0 Å². The SMILES string of the molecule is CC(C)CC(N)C(=O)N1CCCCC1CCNS(C)(=O)=O. The van der Waals surface area contributed by atoms with Gasteiger partial charge in [0.1, 0.15) is 0 Å².